The Morgan fingerprint density at radius 2 is 1.54 bits per heavy atom. The van der Waals surface area contributed by atoms with Gasteiger partial charge in [0.25, 0.3) is 5.91 Å². The predicted octanol–water partition coefficient (Wildman–Crippen LogP) is 6.44. The minimum Gasteiger partial charge on any atom is -0.497 e. The van der Waals surface area contributed by atoms with E-state index in [1.165, 1.54) is 6.07 Å². The number of fused-ring (bicyclic) bond motifs is 2. The predicted molar refractivity (Wildman–Crippen MR) is 194 cm³/mol. The quantitative estimate of drug-likeness (QED) is 0.145. The van der Waals surface area contributed by atoms with Gasteiger partial charge in [0.1, 0.15) is 23.1 Å². The third kappa shape index (κ3) is 6.81. The Morgan fingerprint density at radius 3 is 2.20 bits per heavy atom. The van der Waals surface area contributed by atoms with Crippen LogP contribution < -0.4 is 26.5 Å². The van der Waals surface area contributed by atoms with Crippen LogP contribution in [0.5, 0.6) is 5.75 Å². The highest BCUT2D eigenvalue weighted by Gasteiger charge is 2.20. The van der Waals surface area contributed by atoms with Crippen molar-refractivity contribution < 1.29 is 18.7 Å². The molecule has 2 heterocycles. The van der Waals surface area contributed by atoms with Gasteiger partial charge < -0.3 is 30.1 Å². The van der Waals surface area contributed by atoms with Gasteiger partial charge in [0.2, 0.25) is 11.9 Å². The Bertz CT molecular complexity index is 2370. The normalized spacial score (nSPS) is 11.7. The van der Waals surface area contributed by atoms with Gasteiger partial charge >= 0.3 is 0 Å². The van der Waals surface area contributed by atoms with Crippen LogP contribution in [0, 0.1) is 0 Å². The van der Waals surface area contributed by atoms with E-state index in [4.69, 9.17) is 19.9 Å². The van der Waals surface area contributed by atoms with Crippen molar-refractivity contribution in [2.75, 3.05) is 12.4 Å². The van der Waals surface area contributed by atoms with Crippen LogP contribution in [0.25, 0.3) is 33.3 Å². The molecule has 1 atom stereocenters. The summed E-state index contributed by atoms with van der Waals surface area (Å²) < 4.78 is 13.7. The standard InChI is InChI=1S/C40H33N5O5/c1-49-30-18-16-29(17-19-30)42-40-44-32-21-31-35(46)23-36(50-37(31)22-34(32)45(40)24-26-10-6-3-7-11-26)27-12-14-28(15-13-27)39(48)43-33(38(41)47)20-25-8-4-2-5-9-25/h2-19,21-23,33H,20,24H2,1H3,(H2,41,47)(H,42,44)(H,43,48)/t33-/m0/s1. The smallest absolute Gasteiger partial charge is 0.251 e. The maximum absolute atomic E-state index is 13.4. The highest BCUT2D eigenvalue weighted by molar-refractivity contribution is 5.98. The van der Waals surface area contributed by atoms with E-state index in [1.54, 1.807) is 37.4 Å². The number of rotatable bonds is 11. The molecule has 7 aromatic rings. The monoisotopic (exact) mass is 663 g/mol. The van der Waals surface area contributed by atoms with Crippen molar-refractivity contribution in [3.05, 3.63) is 154 Å². The average Bonchev–Trinajstić information content (AvgIpc) is 3.46. The van der Waals surface area contributed by atoms with Gasteiger partial charge in [-0.3, -0.25) is 14.4 Å². The van der Waals surface area contributed by atoms with E-state index in [2.05, 4.69) is 10.6 Å². The van der Waals surface area contributed by atoms with Crippen molar-refractivity contribution in [3.63, 3.8) is 0 Å². The van der Waals surface area contributed by atoms with E-state index < -0.39 is 17.9 Å². The number of nitrogens with two attached hydrogens (primary N) is 1. The number of nitrogens with one attached hydrogen (secondary N) is 2. The van der Waals surface area contributed by atoms with E-state index in [1.807, 2.05) is 95.6 Å². The van der Waals surface area contributed by atoms with Gasteiger partial charge in [-0.25, -0.2) is 4.98 Å². The third-order valence-corrected chi connectivity index (χ3v) is 8.49. The summed E-state index contributed by atoms with van der Waals surface area (Å²) in [4.78, 5) is 43.5. The number of carbonyl (C=O) groups is 2. The minimum atomic E-state index is -0.873. The maximum atomic E-state index is 13.4. The number of primary amides is 1. The number of anilines is 2. The summed E-state index contributed by atoms with van der Waals surface area (Å²) in [7, 11) is 1.62. The van der Waals surface area contributed by atoms with Crippen LogP contribution in [0.3, 0.4) is 0 Å². The van der Waals surface area contributed by atoms with Crippen molar-refractivity contribution >= 4 is 45.5 Å². The Kier molecular flexibility index (Phi) is 8.81. The largest absolute Gasteiger partial charge is 0.497 e. The molecule has 0 spiro atoms. The van der Waals surface area contributed by atoms with Crippen LogP contribution in [0.2, 0.25) is 0 Å². The molecule has 248 valence electrons. The second kappa shape index (κ2) is 13.8. The number of imidazole rings is 1. The fourth-order valence-corrected chi connectivity index (χ4v) is 5.84. The van der Waals surface area contributed by atoms with Crippen LogP contribution in [-0.2, 0) is 17.8 Å². The molecule has 0 radical (unpaired) electrons. The second-order valence-corrected chi connectivity index (χ2v) is 11.9. The van der Waals surface area contributed by atoms with Crippen molar-refractivity contribution in [2.45, 2.75) is 19.0 Å². The molecule has 0 fully saturated rings. The molecule has 0 unspecified atom stereocenters. The van der Waals surface area contributed by atoms with E-state index in [9.17, 15) is 14.4 Å². The molecule has 0 aliphatic rings. The van der Waals surface area contributed by atoms with Crippen LogP contribution in [-0.4, -0.2) is 34.5 Å². The van der Waals surface area contributed by atoms with Crippen molar-refractivity contribution in [1.29, 1.82) is 0 Å². The summed E-state index contributed by atoms with van der Waals surface area (Å²) >= 11 is 0. The zero-order chi connectivity index (χ0) is 34.6. The Labute approximate surface area is 287 Å². The van der Waals surface area contributed by atoms with E-state index in [-0.39, 0.29) is 11.8 Å². The summed E-state index contributed by atoms with van der Waals surface area (Å²) in [6, 6.07) is 37.7. The van der Waals surface area contributed by atoms with Gasteiger partial charge in [0.15, 0.2) is 5.43 Å². The Balaban J connectivity index is 1.20. The van der Waals surface area contributed by atoms with Gasteiger partial charge in [-0.15, -0.1) is 0 Å². The Hall–Kier alpha value is -6.68. The SMILES string of the molecule is COc1ccc(Nc2nc3cc4c(=O)cc(-c5ccc(C(=O)N[C@@H](Cc6ccccc6)C(N)=O)cc5)oc4cc3n2Cc2ccccc2)cc1. The number of methoxy groups -OCH3 is 1. The molecule has 2 amide bonds. The second-order valence-electron chi connectivity index (χ2n) is 11.9. The number of amides is 2. The van der Waals surface area contributed by atoms with Gasteiger partial charge in [0.05, 0.1) is 30.1 Å². The lowest BCUT2D eigenvalue weighted by molar-refractivity contribution is -0.119. The molecule has 0 saturated carbocycles. The van der Waals surface area contributed by atoms with E-state index in [0.717, 1.165) is 28.1 Å². The molecule has 2 aromatic heterocycles. The summed E-state index contributed by atoms with van der Waals surface area (Å²) in [5, 5.41) is 6.54. The number of hydrogen-bond donors (Lipinski definition) is 3. The zero-order valence-corrected chi connectivity index (χ0v) is 27.1. The van der Waals surface area contributed by atoms with Crippen molar-refractivity contribution in [1.82, 2.24) is 14.9 Å². The lowest BCUT2D eigenvalue weighted by atomic mass is 10.0. The van der Waals surface area contributed by atoms with Gasteiger partial charge in [-0.1, -0.05) is 72.8 Å². The number of benzene rings is 5. The summed E-state index contributed by atoms with van der Waals surface area (Å²) in [5.74, 6) is 0.629. The number of aromatic nitrogens is 2. The third-order valence-electron chi connectivity index (χ3n) is 8.49. The zero-order valence-electron chi connectivity index (χ0n) is 27.1. The molecule has 0 bridgehead atoms. The molecular weight excluding hydrogens is 630 g/mol. The van der Waals surface area contributed by atoms with Crippen LogP contribution in [0.1, 0.15) is 21.5 Å². The molecule has 10 heteroatoms. The summed E-state index contributed by atoms with van der Waals surface area (Å²) in [6.07, 6.45) is 0.277. The summed E-state index contributed by atoms with van der Waals surface area (Å²) in [6.45, 7) is 0.525. The lowest BCUT2D eigenvalue weighted by Gasteiger charge is -2.16. The molecule has 0 saturated heterocycles. The Morgan fingerprint density at radius 1 is 0.860 bits per heavy atom. The maximum Gasteiger partial charge on any atom is 0.251 e. The first-order valence-corrected chi connectivity index (χ1v) is 16.0. The first-order valence-electron chi connectivity index (χ1n) is 16.0. The minimum absolute atomic E-state index is 0.225. The van der Waals surface area contributed by atoms with Gasteiger partial charge in [-0.05, 0) is 53.6 Å². The van der Waals surface area contributed by atoms with Gasteiger partial charge in [-0.2, -0.15) is 0 Å². The fraction of sp³-hybridized carbons (Fsp3) is 0.100. The summed E-state index contributed by atoms with van der Waals surface area (Å²) in [5.41, 5.74) is 10.9. The van der Waals surface area contributed by atoms with E-state index in [0.29, 0.717) is 45.9 Å². The van der Waals surface area contributed by atoms with E-state index >= 15 is 0 Å². The molecular formula is C40H33N5O5. The van der Waals surface area contributed by atoms with Crippen LogP contribution >= 0.6 is 0 Å². The topological polar surface area (TPSA) is 141 Å². The molecule has 10 nitrogen and oxygen atoms in total. The average molecular weight is 664 g/mol. The molecule has 4 N–H and O–H groups in total. The van der Waals surface area contributed by atoms with Crippen LogP contribution in [0.4, 0.5) is 11.6 Å². The highest BCUT2D eigenvalue weighted by atomic mass is 16.5. The van der Waals surface area contributed by atoms with Crippen molar-refractivity contribution in [2.24, 2.45) is 5.73 Å². The van der Waals surface area contributed by atoms with Gasteiger partial charge in [0, 0.05) is 35.4 Å². The highest BCUT2D eigenvalue weighted by Crippen LogP contribution is 2.30. The number of carbonyl (C=O) groups excluding carboxylic acids is 2. The first-order chi connectivity index (χ1) is 24.3. The number of nitrogens with zero attached hydrogens (tertiary/aromatic N) is 2. The lowest BCUT2D eigenvalue weighted by Crippen LogP contribution is -2.45. The van der Waals surface area contributed by atoms with Crippen LogP contribution in [0.15, 0.2) is 137 Å². The fourth-order valence-electron chi connectivity index (χ4n) is 5.84. The molecule has 7 rings (SSSR count). The molecule has 0 aliphatic heterocycles. The molecule has 50 heavy (non-hydrogen) atoms. The first kappa shape index (κ1) is 31.9. The number of ether oxygens (including phenoxy) is 1. The molecule has 5 aromatic carbocycles. The molecule has 0 aliphatic carbocycles. The van der Waals surface area contributed by atoms with Crippen molar-refractivity contribution in [3.8, 4) is 17.1 Å². The number of hydrogen-bond acceptors (Lipinski definition) is 7.